The molecule has 1 heterocycles. The minimum atomic E-state index is -1.55. The second kappa shape index (κ2) is 5.38. The minimum Gasteiger partial charge on any atom is -0.476 e. The summed E-state index contributed by atoms with van der Waals surface area (Å²) in [6, 6.07) is 5.78. The van der Waals surface area contributed by atoms with Crippen molar-refractivity contribution in [2.24, 2.45) is 0 Å². The van der Waals surface area contributed by atoms with Crippen molar-refractivity contribution in [3.05, 3.63) is 57.1 Å². The number of benzene rings is 1. The van der Waals surface area contributed by atoms with E-state index in [2.05, 4.69) is 5.10 Å². The van der Waals surface area contributed by atoms with Gasteiger partial charge >= 0.3 is 11.7 Å². The smallest absolute Gasteiger partial charge is 0.363 e. The summed E-state index contributed by atoms with van der Waals surface area (Å²) >= 11 is 0. The Kier molecular flexibility index (Phi) is 3.62. The number of nitro groups is 1. The van der Waals surface area contributed by atoms with Crippen LogP contribution in [0.3, 0.4) is 0 Å². The van der Waals surface area contributed by atoms with Crippen LogP contribution in [0.5, 0.6) is 0 Å². The maximum absolute atomic E-state index is 13.9. The molecule has 0 saturated carbocycles. The molecule has 0 spiro atoms. The Morgan fingerprint density at radius 2 is 2.29 bits per heavy atom. The molecule has 9 heteroatoms. The second-order valence-corrected chi connectivity index (χ2v) is 4.01. The fourth-order valence-corrected chi connectivity index (χ4v) is 1.74. The van der Waals surface area contributed by atoms with E-state index in [-0.39, 0.29) is 17.7 Å². The zero-order valence-corrected chi connectivity index (χ0v) is 10.4. The topological polar surface area (TPSA) is 122 Å². The van der Waals surface area contributed by atoms with Crippen LogP contribution in [0.4, 0.5) is 10.1 Å². The van der Waals surface area contributed by atoms with Crippen molar-refractivity contribution in [1.82, 2.24) is 9.78 Å². The Bertz CT molecular complexity index is 747. The molecule has 1 aromatic heterocycles. The van der Waals surface area contributed by atoms with Gasteiger partial charge in [0.1, 0.15) is 18.1 Å². The van der Waals surface area contributed by atoms with Gasteiger partial charge in [0.05, 0.1) is 17.0 Å². The molecule has 0 amide bonds. The number of rotatable bonds is 4. The Morgan fingerprint density at radius 1 is 1.57 bits per heavy atom. The first-order valence-corrected chi connectivity index (χ1v) is 5.56. The highest BCUT2D eigenvalue weighted by molar-refractivity contribution is 5.89. The summed E-state index contributed by atoms with van der Waals surface area (Å²) in [5, 5.41) is 31.8. The summed E-state index contributed by atoms with van der Waals surface area (Å²) in [7, 11) is 0. The Morgan fingerprint density at radius 3 is 2.81 bits per heavy atom. The largest absolute Gasteiger partial charge is 0.476 e. The first kappa shape index (κ1) is 14.1. The molecule has 0 saturated heterocycles. The predicted molar refractivity (Wildman–Crippen MR) is 66.1 cm³/mol. The first-order chi connectivity index (χ1) is 9.93. The number of hydrogen-bond acceptors (Lipinski definition) is 5. The van der Waals surface area contributed by atoms with Gasteiger partial charge < -0.3 is 5.11 Å². The van der Waals surface area contributed by atoms with Gasteiger partial charge in [-0.25, -0.2) is 9.18 Å². The molecule has 8 nitrogen and oxygen atoms in total. The number of aromatic carboxylic acids is 1. The van der Waals surface area contributed by atoms with E-state index in [4.69, 9.17) is 10.4 Å². The van der Waals surface area contributed by atoms with E-state index >= 15 is 0 Å². The van der Waals surface area contributed by atoms with Crippen molar-refractivity contribution in [3.8, 4) is 6.07 Å². The average molecular weight is 290 g/mol. The summed E-state index contributed by atoms with van der Waals surface area (Å²) < 4.78 is 14.8. The zero-order chi connectivity index (χ0) is 15.6. The molecule has 0 bridgehead atoms. The molecular formula is C12H7FN4O4. The maximum atomic E-state index is 13.9. The molecule has 0 radical (unpaired) electrons. The number of carbonyl (C=O) groups is 1. The van der Waals surface area contributed by atoms with Gasteiger partial charge in [-0.3, -0.25) is 14.8 Å². The van der Waals surface area contributed by atoms with Crippen LogP contribution in [0.15, 0.2) is 24.4 Å². The number of nitrogens with zero attached hydrogens (tertiary/aromatic N) is 4. The zero-order valence-electron chi connectivity index (χ0n) is 10.4. The molecule has 106 valence electrons. The van der Waals surface area contributed by atoms with E-state index in [0.29, 0.717) is 0 Å². The predicted octanol–water partition coefficient (Wildman–Crippen LogP) is 1.55. The molecule has 1 aromatic carbocycles. The summed E-state index contributed by atoms with van der Waals surface area (Å²) in [6.07, 6.45) is 0.905. The Hall–Kier alpha value is -3.28. The molecule has 0 unspecified atom stereocenters. The van der Waals surface area contributed by atoms with Crippen LogP contribution in [0.2, 0.25) is 0 Å². The summed E-state index contributed by atoms with van der Waals surface area (Å²) in [4.78, 5) is 20.7. The van der Waals surface area contributed by atoms with Crippen molar-refractivity contribution >= 4 is 11.7 Å². The lowest BCUT2D eigenvalue weighted by Crippen LogP contribution is -2.06. The lowest BCUT2D eigenvalue weighted by atomic mass is 10.1. The van der Waals surface area contributed by atoms with Gasteiger partial charge in [-0.15, -0.1) is 0 Å². The highest BCUT2D eigenvalue weighted by Gasteiger charge is 2.25. The Balaban J connectivity index is 2.42. The number of carboxylic acids is 1. The number of aromatic nitrogens is 2. The molecule has 0 aliphatic carbocycles. The number of hydrogen-bond donors (Lipinski definition) is 1. The molecule has 2 rings (SSSR count). The lowest BCUT2D eigenvalue weighted by molar-refractivity contribution is -0.385. The molecule has 0 atom stereocenters. The molecule has 0 fully saturated rings. The fourth-order valence-electron chi connectivity index (χ4n) is 1.74. The molecule has 0 aliphatic heterocycles. The molecule has 2 aromatic rings. The van der Waals surface area contributed by atoms with Crippen LogP contribution in [-0.2, 0) is 6.54 Å². The second-order valence-electron chi connectivity index (χ2n) is 4.01. The average Bonchev–Trinajstić information content (AvgIpc) is 2.85. The van der Waals surface area contributed by atoms with Gasteiger partial charge in [-0.05, 0) is 6.07 Å². The van der Waals surface area contributed by atoms with Gasteiger partial charge in [-0.1, -0.05) is 12.1 Å². The highest BCUT2D eigenvalue weighted by Crippen LogP contribution is 2.19. The number of halogens is 1. The van der Waals surface area contributed by atoms with Crippen LogP contribution in [0.25, 0.3) is 0 Å². The van der Waals surface area contributed by atoms with E-state index < -0.39 is 28.1 Å². The minimum absolute atomic E-state index is 0.0726. The van der Waals surface area contributed by atoms with Crippen LogP contribution in [0, 0.1) is 27.3 Å². The number of carboxylic acid groups (broad SMARTS) is 1. The molecule has 21 heavy (non-hydrogen) atoms. The van der Waals surface area contributed by atoms with Crippen LogP contribution < -0.4 is 0 Å². The van der Waals surface area contributed by atoms with Crippen molar-refractivity contribution in [2.75, 3.05) is 0 Å². The van der Waals surface area contributed by atoms with Crippen LogP contribution >= 0.6 is 0 Å². The van der Waals surface area contributed by atoms with Crippen LogP contribution in [-0.4, -0.2) is 25.8 Å². The van der Waals surface area contributed by atoms with Gasteiger partial charge in [0.2, 0.25) is 5.69 Å². The summed E-state index contributed by atoms with van der Waals surface area (Å²) in [5.74, 6) is -2.32. The highest BCUT2D eigenvalue weighted by atomic mass is 19.1. The Labute approximate surface area is 116 Å². The van der Waals surface area contributed by atoms with Crippen LogP contribution in [0.1, 0.15) is 21.6 Å². The van der Waals surface area contributed by atoms with Gasteiger partial charge in [-0.2, -0.15) is 10.4 Å². The van der Waals surface area contributed by atoms with Crippen molar-refractivity contribution < 1.29 is 19.2 Å². The van der Waals surface area contributed by atoms with E-state index in [1.165, 1.54) is 18.2 Å². The SMILES string of the molecule is N#Cc1cccc(Cn2cc([N+](=O)[O-])c(C(=O)O)n2)c1F. The molecule has 0 aliphatic rings. The van der Waals surface area contributed by atoms with Crippen molar-refractivity contribution in [2.45, 2.75) is 6.54 Å². The standard InChI is InChI=1S/C12H7FN4O4/c13-10-7(4-14)2-1-3-8(10)5-16-6-9(17(20)21)11(15-16)12(18)19/h1-3,6H,5H2,(H,18,19). The first-order valence-electron chi connectivity index (χ1n) is 5.56. The third-order valence-electron chi connectivity index (χ3n) is 2.67. The van der Waals surface area contributed by atoms with E-state index in [9.17, 15) is 19.3 Å². The van der Waals surface area contributed by atoms with Gasteiger partial charge in [0, 0.05) is 5.56 Å². The summed E-state index contributed by atoms with van der Waals surface area (Å²) in [5.41, 5.74) is -1.51. The lowest BCUT2D eigenvalue weighted by Gasteiger charge is -2.03. The van der Waals surface area contributed by atoms with E-state index in [1.807, 2.05) is 0 Å². The monoisotopic (exact) mass is 290 g/mol. The molecule has 1 N–H and O–H groups in total. The van der Waals surface area contributed by atoms with Crippen molar-refractivity contribution in [3.63, 3.8) is 0 Å². The maximum Gasteiger partial charge on any atom is 0.363 e. The third-order valence-corrected chi connectivity index (χ3v) is 2.67. The number of nitriles is 1. The van der Waals surface area contributed by atoms with Crippen molar-refractivity contribution in [1.29, 1.82) is 5.26 Å². The van der Waals surface area contributed by atoms with E-state index in [0.717, 1.165) is 10.9 Å². The normalized spacial score (nSPS) is 10.1. The summed E-state index contributed by atoms with van der Waals surface area (Å²) in [6.45, 7) is -0.227. The fraction of sp³-hybridized carbons (Fsp3) is 0.0833. The van der Waals surface area contributed by atoms with Gasteiger partial charge in [0.15, 0.2) is 0 Å². The quantitative estimate of drug-likeness (QED) is 0.673. The van der Waals surface area contributed by atoms with E-state index in [1.54, 1.807) is 6.07 Å². The molecular weight excluding hydrogens is 283 g/mol. The third kappa shape index (κ3) is 2.69. The van der Waals surface area contributed by atoms with Gasteiger partial charge in [0.25, 0.3) is 0 Å².